The summed E-state index contributed by atoms with van der Waals surface area (Å²) in [6, 6.07) is 2.58. The van der Waals surface area contributed by atoms with Crippen LogP contribution in [0.3, 0.4) is 0 Å². The Hall–Kier alpha value is -0.830. The van der Waals surface area contributed by atoms with Crippen LogP contribution in [0.25, 0.3) is 0 Å². The van der Waals surface area contributed by atoms with Crippen molar-refractivity contribution in [1.29, 1.82) is 0 Å². The molecule has 0 aromatic carbocycles. The molecule has 1 aliphatic heterocycles. The van der Waals surface area contributed by atoms with Crippen LogP contribution in [-0.4, -0.2) is 17.4 Å². The zero-order chi connectivity index (χ0) is 14.4. The number of nitrogens with zero attached hydrogens (tertiary/aromatic N) is 1. The van der Waals surface area contributed by atoms with Gasteiger partial charge in [-0.3, -0.25) is 4.79 Å². The van der Waals surface area contributed by atoms with Crippen molar-refractivity contribution < 1.29 is 4.79 Å². The van der Waals surface area contributed by atoms with Crippen molar-refractivity contribution in [3.8, 4) is 0 Å². The van der Waals surface area contributed by atoms with Crippen LogP contribution >= 0.6 is 11.3 Å². The fourth-order valence-electron chi connectivity index (χ4n) is 5.10. The Morgan fingerprint density at radius 2 is 2.29 bits per heavy atom. The van der Waals surface area contributed by atoms with Crippen molar-refractivity contribution in [2.24, 2.45) is 17.8 Å². The third kappa shape index (κ3) is 2.34. The molecule has 1 aromatic rings. The second-order valence-corrected chi connectivity index (χ2v) is 8.20. The Kier molecular flexibility index (Phi) is 3.56. The predicted molar refractivity (Wildman–Crippen MR) is 86.3 cm³/mol. The molecule has 2 nitrogen and oxygen atoms in total. The third-order valence-corrected chi connectivity index (χ3v) is 7.12. The van der Waals surface area contributed by atoms with E-state index in [-0.39, 0.29) is 0 Å². The summed E-state index contributed by atoms with van der Waals surface area (Å²) in [5, 5.41) is 2.19. The molecule has 2 bridgehead atoms. The van der Waals surface area contributed by atoms with Gasteiger partial charge < -0.3 is 4.90 Å². The maximum absolute atomic E-state index is 12.9. The fourth-order valence-corrected chi connectivity index (χ4v) is 6.03. The van der Waals surface area contributed by atoms with E-state index in [1.165, 1.54) is 36.1 Å². The Balaban J connectivity index is 1.47. The fraction of sp³-hybridized carbons (Fsp3) is 0.722. The summed E-state index contributed by atoms with van der Waals surface area (Å²) in [6.45, 7) is 3.15. The highest BCUT2D eigenvalue weighted by Gasteiger charge is 2.41. The van der Waals surface area contributed by atoms with Crippen LogP contribution in [0.5, 0.6) is 0 Å². The molecule has 21 heavy (non-hydrogen) atoms. The van der Waals surface area contributed by atoms with Crippen LogP contribution in [0.4, 0.5) is 0 Å². The van der Waals surface area contributed by atoms with Gasteiger partial charge in [0.1, 0.15) is 0 Å². The minimum Gasteiger partial charge on any atom is -0.335 e. The van der Waals surface area contributed by atoms with Gasteiger partial charge >= 0.3 is 0 Å². The summed E-state index contributed by atoms with van der Waals surface area (Å²) in [5.74, 6) is 2.93. The third-order valence-electron chi connectivity index (χ3n) is 6.12. The number of fused-ring (bicyclic) bond motifs is 3. The molecule has 2 saturated carbocycles. The van der Waals surface area contributed by atoms with Crippen molar-refractivity contribution in [2.75, 3.05) is 6.54 Å². The molecule has 3 aliphatic rings. The standard InChI is InChI=1S/C18H25NOS/c1-2-16-15-6-8-21-17(15)5-7-19(16)18(20)11-14-10-12-3-4-13(14)9-12/h6,8,12-14,16H,2-5,7,9-11H2,1H3. The van der Waals surface area contributed by atoms with E-state index in [9.17, 15) is 4.79 Å². The van der Waals surface area contributed by atoms with E-state index in [1.54, 1.807) is 0 Å². The Labute approximate surface area is 131 Å². The van der Waals surface area contributed by atoms with E-state index >= 15 is 0 Å². The average Bonchev–Trinajstić information content (AvgIpc) is 3.21. The van der Waals surface area contributed by atoms with Crippen LogP contribution in [0.2, 0.25) is 0 Å². The molecule has 4 atom stereocenters. The highest BCUT2D eigenvalue weighted by Crippen LogP contribution is 2.50. The minimum absolute atomic E-state index is 0.339. The number of carbonyl (C=O) groups is 1. The van der Waals surface area contributed by atoms with Crippen molar-refractivity contribution in [1.82, 2.24) is 4.90 Å². The van der Waals surface area contributed by atoms with Crippen molar-refractivity contribution in [3.05, 3.63) is 21.9 Å². The first-order chi connectivity index (χ1) is 10.3. The number of hydrogen-bond donors (Lipinski definition) is 0. The van der Waals surface area contributed by atoms with Crippen LogP contribution in [-0.2, 0) is 11.2 Å². The van der Waals surface area contributed by atoms with Gasteiger partial charge in [-0.2, -0.15) is 0 Å². The molecule has 2 aliphatic carbocycles. The Morgan fingerprint density at radius 3 is 3.00 bits per heavy atom. The van der Waals surface area contributed by atoms with Crippen LogP contribution in [0.1, 0.15) is 61.9 Å². The van der Waals surface area contributed by atoms with Gasteiger partial charge in [-0.25, -0.2) is 0 Å². The molecule has 4 rings (SSSR count). The van der Waals surface area contributed by atoms with Crippen LogP contribution in [0.15, 0.2) is 11.4 Å². The molecule has 3 heteroatoms. The van der Waals surface area contributed by atoms with Gasteiger partial charge in [-0.15, -0.1) is 11.3 Å². The first kappa shape index (κ1) is 13.8. The lowest BCUT2D eigenvalue weighted by Gasteiger charge is -2.36. The lowest BCUT2D eigenvalue weighted by molar-refractivity contribution is -0.135. The molecule has 0 radical (unpaired) electrons. The Bertz CT molecular complexity index is 537. The highest BCUT2D eigenvalue weighted by molar-refractivity contribution is 7.10. The van der Waals surface area contributed by atoms with Gasteiger partial charge in [-0.1, -0.05) is 13.3 Å². The van der Waals surface area contributed by atoms with Gasteiger partial charge in [0.25, 0.3) is 0 Å². The SMILES string of the molecule is CCC1c2ccsc2CCN1C(=O)CC1CC2CCC1C2. The second-order valence-electron chi connectivity index (χ2n) is 7.20. The lowest BCUT2D eigenvalue weighted by Crippen LogP contribution is -2.40. The first-order valence-electron chi connectivity index (χ1n) is 8.62. The van der Waals surface area contributed by atoms with Crippen LogP contribution in [0, 0.1) is 17.8 Å². The molecule has 0 N–H and O–H groups in total. The molecule has 0 spiro atoms. The normalized spacial score (nSPS) is 34.2. The summed E-state index contributed by atoms with van der Waals surface area (Å²) < 4.78 is 0. The second kappa shape index (κ2) is 5.42. The van der Waals surface area contributed by atoms with E-state index < -0.39 is 0 Å². The van der Waals surface area contributed by atoms with E-state index in [4.69, 9.17) is 0 Å². The summed E-state index contributed by atoms with van der Waals surface area (Å²) in [6.07, 6.45) is 8.47. The quantitative estimate of drug-likeness (QED) is 0.810. The molecule has 114 valence electrons. The zero-order valence-corrected chi connectivity index (χ0v) is 13.7. The van der Waals surface area contributed by atoms with Gasteiger partial charge in [0.2, 0.25) is 5.91 Å². The van der Waals surface area contributed by atoms with E-state index in [2.05, 4.69) is 23.3 Å². The van der Waals surface area contributed by atoms with E-state index in [1.807, 2.05) is 11.3 Å². The molecular formula is C18H25NOS. The number of hydrogen-bond acceptors (Lipinski definition) is 2. The molecule has 2 fully saturated rings. The number of rotatable bonds is 3. The summed E-state index contributed by atoms with van der Waals surface area (Å²) in [5.41, 5.74) is 1.43. The monoisotopic (exact) mass is 303 g/mol. The van der Waals surface area contributed by atoms with Gasteiger partial charge in [-0.05, 0) is 66.9 Å². The maximum Gasteiger partial charge on any atom is 0.223 e. The molecule has 1 aromatic heterocycles. The topological polar surface area (TPSA) is 20.3 Å². The summed E-state index contributed by atoms with van der Waals surface area (Å²) in [4.78, 5) is 16.6. The largest absolute Gasteiger partial charge is 0.335 e. The number of thiophene rings is 1. The Morgan fingerprint density at radius 1 is 1.38 bits per heavy atom. The minimum atomic E-state index is 0.339. The highest BCUT2D eigenvalue weighted by atomic mass is 32.1. The molecular weight excluding hydrogens is 278 g/mol. The molecule has 0 saturated heterocycles. The molecule has 4 unspecified atom stereocenters. The van der Waals surface area contributed by atoms with E-state index in [0.717, 1.165) is 37.6 Å². The van der Waals surface area contributed by atoms with Gasteiger partial charge in [0.05, 0.1) is 6.04 Å². The van der Waals surface area contributed by atoms with Gasteiger partial charge in [0.15, 0.2) is 0 Å². The lowest BCUT2D eigenvalue weighted by atomic mass is 9.85. The number of carbonyl (C=O) groups excluding carboxylic acids is 1. The van der Waals surface area contributed by atoms with Crippen LogP contribution < -0.4 is 0 Å². The maximum atomic E-state index is 12.9. The zero-order valence-electron chi connectivity index (χ0n) is 12.9. The van der Waals surface area contributed by atoms with Crippen molar-refractivity contribution >= 4 is 17.2 Å². The molecule has 2 heterocycles. The van der Waals surface area contributed by atoms with Gasteiger partial charge in [0, 0.05) is 17.8 Å². The smallest absolute Gasteiger partial charge is 0.223 e. The predicted octanol–water partition coefficient (Wildman–Crippen LogP) is 4.41. The summed E-state index contributed by atoms with van der Waals surface area (Å²) >= 11 is 1.86. The van der Waals surface area contributed by atoms with Crippen molar-refractivity contribution in [3.63, 3.8) is 0 Å². The molecule has 1 amide bonds. The average molecular weight is 303 g/mol. The number of amides is 1. The summed E-state index contributed by atoms with van der Waals surface area (Å²) in [7, 11) is 0. The van der Waals surface area contributed by atoms with E-state index in [0.29, 0.717) is 17.9 Å². The first-order valence-corrected chi connectivity index (χ1v) is 9.50. The van der Waals surface area contributed by atoms with Crippen molar-refractivity contribution in [2.45, 2.75) is 57.9 Å².